The molecule has 0 fully saturated rings. The highest BCUT2D eigenvalue weighted by Crippen LogP contribution is 2.30. The van der Waals surface area contributed by atoms with Crippen LogP contribution in [0.4, 0.5) is 5.13 Å². The predicted molar refractivity (Wildman–Crippen MR) is 126 cm³/mol. The molecule has 1 N–H and O–H groups in total. The fourth-order valence-electron chi connectivity index (χ4n) is 3.58. The van der Waals surface area contributed by atoms with Crippen molar-refractivity contribution in [3.05, 3.63) is 83.9 Å². The van der Waals surface area contributed by atoms with E-state index in [1.807, 2.05) is 79.7 Å². The molecule has 3 aromatic carbocycles. The van der Waals surface area contributed by atoms with Gasteiger partial charge in [0.2, 0.25) is 0 Å². The summed E-state index contributed by atoms with van der Waals surface area (Å²) in [6.07, 6.45) is 0. The summed E-state index contributed by atoms with van der Waals surface area (Å²) >= 11 is 1.47. The van der Waals surface area contributed by atoms with Gasteiger partial charge in [-0.05, 0) is 55.0 Å². The first-order chi connectivity index (χ1) is 15.1. The van der Waals surface area contributed by atoms with Gasteiger partial charge in [0.1, 0.15) is 5.75 Å². The van der Waals surface area contributed by atoms with Gasteiger partial charge in [-0.3, -0.25) is 10.1 Å². The minimum atomic E-state index is -0.204. The maximum atomic E-state index is 13.3. The van der Waals surface area contributed by atoms with Crippen LogP contribution in [0.3, 0.4) is 0 Å². The minimum absolute atomic E-state index is 0.204. The molecule has 0 aliphatic carbocycles. The normalized spacial score (nSPS) is 11.0. The van der Waals surface area contributed by atoms with E-state index in [0.29, 0.717) is 10.7 Å². The molecule has 5 aromatic rings. The number of anilines is 1. The number of hydrogen-bond donors (Lipinski definition) is 1. The number of thiazole rings is 1. The van der Waals surface area contributed by atoms with Gasteiger partial charge in [-0.2, -0.15) is 0 Å². The maximum absolute atomic E-state index is 13.3. The van der Waals surface area contributed by atoms with Crippen molar-refractivity contribution in [2.75, 3.05) is 12.4 Å². The molecular formula is C25H19N3O2S. The first-order valence-electron chi connectivity index (χ1n) is 9.84. The Morgan fingerprint density at radius 2 is 1.77 bits per heavy atom. The topological polar surface area (TPSA) is 64.1 Å². The molecule has 0 radical (unpaired) electrons. The highest BCUT2D eigenvalue weighted by Gasteiger charge is 2.16. The average molecular weight is 426 g/mol. The Bertz CT molecular complexity index is 1420. The third-order valence-electron chi connectivity index (χ3n) is 5.19. The van der Waals surface area contributed by atoms with Crippen molar-refractivity contribution in [3.8, 4) is 17.0 Å². The van der Waals surface area contributed by atoms with Gasteiger partial charge in [0.25, 0.3) is 5.91 Å². The van der Waals surface area contributed by atoms with Crippen LogP contribution in [0.25, 0.3) is 32.4 Å². The van der Waals surface area contributed by atoms with E-state index < -0.39 is 0 Å². The van der Waals surface area contributed by atoms with Crippen molar-refractivity contribution in [3.63, 3.8) is 0 Å². The van der Waals surface area contributed by atoms with Gasteiger partial charge in [0.05, 0.1) is 34.1 Å². The number of carbonyl (C=O) groups is 1. The Hall–Kier alpha value is -3.77. The molecule has 0 aliphatic heterocycles. The van der Waals surface area contributed by atoms with Crippen LogP contribution < -0.4 is 10.1 Å². The van der Waals surface area contributed by atoms with Crippen molar-refractivity contribution < 1.29 is 9.53 Å². The zero-order valence-electron chi connectivity index (χ0n) is 17.0. The zero-order chi connectivity index (χ0) is 21.4. The number of nitrogens with one attached hydrogen (secondary N) is 1. The van der Waals surface area contributed by atoms with Gasteiger partial charge in [-0.1, -0.05) is 41.7 Å². The molecule has 1 amide bonds. The second-order valence-corrected chi connectivity index (χ2v) is 8.23. The highest BCUT2D eigenvalue weighted by molar-refractivity contribution is 7.22. The molecule has 0 saturated heterocycles. The van der Waals surface area contributed by atoms with E-state index in [1.165, 1.54) is 11.3 Å². The molecule has 6 heteroatoms. The van der Waals surface area contributed by atoms with Crippen LogP contribution in [0.5, 0.6) is 5.75 Å². The lowest BCUT2D eigenvalue weighted by molar-refractivity contribution is 0.102. The molecule has 5 nitrogen and oxygen atoms in total. The van der Waals surface area contributed by atoms with E-state index in [4.69, 9.17) is 9.72 Å². The molecule has 31 heavy (non-hydrogen) atoms. The van der Waals surface area contributed by atoms with Crippen LogP contribution in [0, 0.1) is 6.92 Å². The van der Waals surface area contributed by atoms with E-state index in [1.54, 1.807) is 7.11 Å². The van der Waals surface area contributed by atoms with Gasteiger partial charge in [-0.25, -0.2) is 9.97 Å². The number of para-hydroxylation sites is 2. The minimum Gasteiger partial charge on any atom is -0.497 e. The molecule has 0 bridgehead atoms. The van der Waals surface area contributed by atoms with Crippen LogP contribution in [-0.4, -0.2) is 23.0 Å². The number of amides is 1. The van der Waals surface area contributed by atoms with Crippen molar-refractivity contribution in [1.82, 2.24) is 9.97 Å². The summed E-state index contributed by atoms with van der Waals surface area (Å²) in [5.74, 6) is 0.568. The number of aryl methyl sites for hydroxylation is 1. The highest BCUT2D eigenvalue weighted by atomic mass is 32.1. The number of carbonyl (C=O) groups excluding carboxylic acids is 1. The van der Waals surface area contributed by atoms with E-state index in [-0.39, 0.29) is 5.91 Å². The molecule has 2 heterocycles. The molecular weight excluding hydrogens is 406 g/mol. The van der Waals surface area contributed by atoms with Crippen LogP contribution >= 0.6 is 11.3 Å². The Morgan fingerprint density at radius 3 is 2.55 bits per heavy atom. The number of benzene rings is 3. The predicted octanol–water partition coefficient (Wildman–Crippen LogP) is 6.08. The third-order valence-corrected chi connectivity index (χ3v) is 6.12. The SMILES string of the molecule is COc1ccc(-c2cc(C(=O)Nc3nc4c(C)cccc4s3)c3ccccc3n2)cc1. The first kappa shape index (κ1) is 19.2. The number of aromatic nitrogens is 2. The Labute approximate surface area is 183 Å². The van der Waals surface area contributed by atoms with Gasteiger partial charge >= 0.3 is 0 Å². The lowest BCUT2D eigenvalue weighted by atomic mass is 10.0. The number of fused-ring (bicyclic) bond motifs is 2. The fraction of sp³-hybridized carbons (Fsp3) is 0.0800. The lowest BCUT2D eigenvalue weighted by Crippen LogP contribution is -2.13. The molecule has 0 unspecified atom stereocenters. The van der Waals surface area contributed by atoms with Crippen LogP contribution in [0.15, 0.2) is 72.8 Å². The van der Waals surface area contributed by atoms with Crippen LogP contribution in [0.1, 0.15) is 15.9 Å². The summed E-state index contributed by atoms with van der Waals surface area (Å²) in [5.41, 5.74) is 4.98. The van der Waals surface area contributed by atoms with Crippen LogP contribution in [-0.2, 0) is 0 Å². The molecule has 0 atom stereocenters. The smallest absolute Gasteiger partial charge is 0.258 e. The summed E-state index contributed by atoms with van der Waals surface area (Å²) in [6.45, 7) is 2.02. The Morgan fingerprint density at radius 1 is 0.968 bits per heavy atom. The van der Waals surface area contributed by atoms with Gasteiger partial charge < -0.3 is 4.74 Å². The lowest BCUT2D eigenvalue weighted by Gasteiger charge is -2.10. The summed E-state index contributed by atoms with van der Waals surface area (Å²) in [4.78, 5) is 22.7. The third kappa shape index (κ3) is 3.62. The molecule has 0 saturated carbocycles. The maximum Gasteiger partial charge on any atom is 0.258 e. The largest absolute Gasteiger partial charge is 0.497 e. The van der Waals surface area contributed by atoms with E-state index in [9.17, 15) is 4.79 Å². The van der Waals surface area contributed by atoms with E-state index >= 15 is 0 Å². The number of methoxy groups -OCH3 is 1. The number of pyridine rings is 1. The summed E-state index contributed by atoms with van der Waals surface area (Å²) in [6, 6.07) is 23.2. The molecule has 2 aromatic heterocycles. The van der Waals surface area contributed by atoms with Crippen molar-refractivity contribution in [1.29, 1.82) is 0 Å². The van der Waals surface area contributed by atoms with Crippen molar-refractivity contribution in [2.24, 2.45) is 0 Å². The first-order valence-corrected chi connectivity index (χ1v) is 10.7. The zero-order valence-corrected chi connectivity index (χ0v) is 17.9. The molecule has 152 valence electrons. The van der Waals surface area contributed by atoms with Crippen molar-refractivity contribution in [2.45, 2.75) is 6.92 Å². The fourth-order valence-corrected chi connectivity index (χ4v) is 4.52. The Kier molecular flexibility index (Phi) is 4.84. The molecule has 0 aliphatic rings. The van der Waals surface area contributed by atoms with E-state index in [0.717, 1.165) is 43.7 Å². The second-order valence-electron chi connectivity index (χ2n) is 7.20. The van der Waals surface area contributed by atoms with E-state index in [2.05, 4.69) is 10.3 Å². The number of hydrogen-bond acceptors (Lipinski definition) is 5. The van der Waals surface area contributed by atoms with Crippen LogP contribution in [0.2, 0.25) is 0 Å². The summed E-state index contributed by atoms with van der Waals surface area (Å²) < 4.78 is 6.30. The molecule has 5 rings (SSSR count). The number of rotatable bonds is 4. The van der Waals surface area contributed by atoms with Gasteiger partial charge in [0.15, 0.2) is 5.13 Å². The average Bonchev–Trinajstić information content (AvgIpc) is 3.22. The van der Waals surface area contributed by atoms with Crippen molar-refractivity contribution >= 4 is 43.5 Å². The second kappa shape index (κ2) is 7.81. The monoisotopic (exact) mass is 425 g/mol. The number of nitrogens with zero attached hydrogens (tertiary/aromatic N) is 2. The summed E-state index contributed by atoms with van der Waals surface area (Å²) in [7, 11) is 1.63. The van der Waals surface area contributed by atoms with Gasteiger partial charge in [0, 0.05) is 10.9 Å². The van der Waals surface area contributed by atoms with Gasteiger partial charge in [-0.15, -0.1) is 0 Å². The summed E-state index contributed by atoms with van der Waals surface area (Å²) in [5, 5.41) is 4.37. The molecule has 0 spiro atoms. The standard InChI is InChI=1S/C25H19N3O2S/c1-15-6-5-9-22-23(15)27-25(31-22)28-24(29)19-14-21(16-10-12-17(30-2)13-11-16)26-20-8-4-3-7-18(19)20/h3-14H,1-2H3,(H,27,28,29). The number of ether oxygens (including phenoxy) is 1. The quantitative estimate of drug-likeness (QED) is 0.379. The Balaban J connectivity index is 1.56.